The molecule has 3 aromatic carbocycles. The molecular formula is C28H30Br2N2O3. The summed E-state index contributed by atoms with van der Waals surface area (Å²) in [5, 5.41) is 2.73. The molecular weight excluding hydrogens is 572 g/mol. The molecule has 0 heterocycles. The minimum absolute atomic E-state index is 0.185. The summed E-state index contributed by atoms with van der Waals surface area (Å²) in [6.07, 6.45) is 0.396. The number of likely N-dealkylation sites (N-methyl/N-ethyl adjacent to an activating group) is 1. The Hall–Kier alpha value is -2.64. The smallest absolute Gasteiger partial charge is 0.261 e. The van der Waals surface area contributed by atoms with Crippen LogP contribution in [0.4, 0.5) is 0 Å². The van der Waals surface area contributed by atoms with E-state index < -0.39 is 6.04 Å². The van der Waals surface area contributed by atoms with E-state index in [4.69, 9.17) is 4.74 Å². The van der Waals surface area contributed by atoms with E-state index in [9.17, 15) is 9.59 Å². The van der Waals surface area contributed by atoms with Crippen LogP contribution in [0.5, 0.6) is 5.75 Å². The normalized spacial score (nSPS) is 11.7. The molecule has 5 nitrogen and oxygen atoms in total. The van der Waals surface area contributed by atoms with Crippen molar-refractivity contribution in [2.24, 2.45) is 0 Å². The van der Waals surface area contributed by atoms with Gasteiger partial charge in [0, 0.05) is 24.5 Å². The Morgan fingerprint density at radius 1 is 0.943 bits per heavy atom. The fourth-order valence-electron chi connectivity index (χ4n) is 3.77. The highest BCUT2D eigenvalue weighted by atomic mass is 79.9. The summed E-state index contributed by atoms with van der Waals surface area (Å²) < 4.78 is 7.61. The molecule has 0 radical (unpaired) electrons. The summed E-state index contributed by atoms with van der Waals surface area (Å²) in [5.41, 5.74) is 3.06. The van der Waals surface area contributed by atoms with Gasteiger partial charge in [0.2, 0.25) is 5.91 Å². The Balaban J connectivity index is 1.87. The molecule has 7 heteroatoms. The Bertz CT molecular complexity index is 1150. The van der Waals surface area contributed by atoms with Gasteiger partial charge in [-0.1, -0.05) is 78.3 Å². The highest BCUT2D eigenvalue weighted by molar-refractivity contribution is 9.10. The number of halogens is 2. The van der Waals surface area contributed by atoms with E-state index in [0.717, 1.165) is 20.1 Å². The maximum Gasteiger partial charge on any atom is 0.261 e. The molecule has 2 amide bonds. The summed E-state index contributed by atoms with van der Waals surface area (Å²) in [5.74, 6) is 0.479. The lowest BCUT2D eigenvalue weighted by Gasteiger charge is -2.31. The van der Waals surface area contributed by atoms with Crippen molar-refractivity contribution in [2.75, 3.05) is 13.7 Å². The first-order chi connectivity index (χ1) is 16.8. The van der Waals surface area contributed by atoms with Crippen LogP contribution in [0.1, 0.15) is 36.5 Å². The summed E-state index contributed by atoms with van der Waals surface area (Å²) in [4.78, 5) is 28.1. The number of hydrogen-bond acceptors (Lipinski definition) is 3. The minimum atomic E-state index is -0.691. The van der Waals surface area contributed by atoms with Crippen molar-refractivity contribution in [1.29, 1.82) is 0 Å². The number of nitrogens with one attached hydrogen (secondary N) is 1. The van der Waals surface area contributed by atoms with Gasteiger partial charge in [0.15, 0.2) is 6.61 Å². The van der Waals surface area contributed by atoms with E-state index in [1.165, 1.54) is 5.56 Å². The monoisotopic (exact) mass is 600 g/mol. The number of hydrogen-bond donors (Lipinski definition) is 1. The van der Waals surface area contributed by atoms with Crippen LogP contribution in [0.25, 0.3) is 0 Å². The summed E-state index contributed by atoms with van der Waals surface area (Å²) in [6.45, 7) is 4.34. The Morgan fingerprint density at radius 3 is 2.29 bits per heavy atom. The lowest BCUT2D eigenvalue weighted by atomic mass is 10.0. The van der Waals surface area contributed by atoms with Gasteiger partial charge in [-0.3, -0.25) is 9.59 Å². The van der Waals surface area contributed by atoms with Crippen LogP contribution in [-0.2, 0) is 22.6 Å². The van der Waals surface area contributed by atoms with Crippen molar-refractivity contribution >= 4 is 43.7 Å². The van der Waals surface area contributed by atoms with E-state index in [1.807, 2.05) is 72.8 Å². The van der Waals surface area contributed by atoms with Crippen LogP contribution in [0.15, 0.2) is 81.7 Å². The number of carbonyl (C=O) groups is 2. The first-order valence-corrected chi connectivity index (χ1v) is 13.1. The molecule has 35 heavy (non-hydrogen) atoms. The van der Waals surface area contributed by atoms with E-state index in [1.54, 1.807) is 11.9 Å². The quantitative estimate of drug-likeness (QED) is 0.305. The second kappa shape index (κ2) is 12.9. The molecule has 0 saturated heterocycles. The molecule has 0 aliphatic rings. The van der Waals surface area contributed by atoms with Gasteiger partial charge in [-0.2, -0.15) is 0 Å². The fraction of sp³-hybridized carbons (Fsp3) is 0.286. The lowest BCUT2D eigenvalue weighted by Crippen LogP contribution is -2.51. The zero-order chi connectivity index (χ0) is 25.4. The molecule has 184 valence electrons. The van der Waals surface area contributed by atoms with Crippen molar-refractivity contribution in [3.05, 3.63) is 98.4 Å². The Labute approximate surface area is 224 Å². The van der Waals surface area contributed by atoms with Crippen LogP contribution in [0.2, 0.25) is 0 Å². The molecule has 0 aliphatic heterocycles. The SMILES string of the molecule is CNC(=O)[C@H](Cc1ccccc1)N(Cc1cccc(Br)c1)C(=O)COc1ccc(C(C)C)cc1Br. The van der Waals surface area contributed by atoms with Crippen molar-refractivity contribution < 1.29 is 14.3 Å². The Morgan fingerprint density at radius 2 is 1.66 bits per heavy atom. The number of amides is 2. The predicted molar refractivity (Wildman–Crippen MR) is 146 cm³/mol. The standard InChI is InChI=1S/C28H30Br2N2O3/c1-19(2)22-12-13-26(24(30)16-22)35-18-27(33)32(17-21-10-7-11-23(29)14-21)25(28(34)31-3)15-20-8-5-4-6-9-20/h4-14,16,19,25H,15,17-18H2,1-3H3,(H,31,34)/t25-/m0/s1. The molecule has 1 atom stereocenters. The third-order valence-electron chi connectivity index (χ3n) is 5.73. The molecule has 3 aromatic rings. The second-order valence-corrected chi connectivity index (χ2v) is 10.4. The number of ether oxygens (including phenoxy) is 1. The third-order valence-corrected chi connectivity index (χ3v) is 6.85. The van der Waals surface area contributed by atoms with Crippen molar-refractivity contribution in [1.82, 2.24) is 10.2 Å². The maximum atomic E-state index is 13.5. The third kappa shape index (κ3) is 7.67. The second-order valence-electron chi connectivity index (χ2n) is 8.60. The number of benzene rings is 3. The van der Waals surface area contributed by atoms with Crippen LogP contribution < -0.4 is 10.1 Å². The topological polar surface area (TPSA) is 58.6 Å². The average Bonchev–Trinajstić information content (AvgIpc) is 2.85. The predicted octanol–water partition coefficient (Wildman–Crippen LogP) is 6.10. The number of rotatable bonds is 10. The molecule has 0 bridgehead atoms. The maximum absolute atomic E-state index is 13.5. The van der Waals surface area contributed by atoms with Crippen LogP contribution in [0.3, 0.4) is 0 Å². The van der Waals surface area contributed by atoms with Gasteiger partial charge in [0.25, 0.3) is 5.91 Å². The van der Waals surface area contributed by atoms with Gasteiger partial charge in [-0.25, -0.2) is 0 Å². The largest absolute Gasteiger partial charge is 0.483 e. The molecule has 1 N–H and O–H groups in total. The fourth-order valence-corrected chi connectivity index (χ4v) is 4.73. The van der Waals surface area contributed by atoms with Crippen LogP contribution >= 0.6 is 31.9 Å². The summed E-state index contributed by atoms with van der Waals surface area (Å²) >= 11 is 7.05. The highest BCUT2D eigenvalue weighted by Gasteiger charge is 2.30. The number of nitrogens with zero attached hydrogens (tertiary/aromatic N) is 1. The van der Waals surface area contributed by atoms with Gasteiger partial charge in [0.1, 0.15) is 11.8 Å². The van der Waals surface area contributed by atoms with Gasteiger partial charge < -0.3 is 15.0 Å². The molecule has 0 spiro atoms. The van der Waals surface area contributed by atoms with Gasteiger partial charge in [-0.15, -0.1) is 0 Å². The van der Waals surface area contributed by atoms with E-state index in [0.29, 0.717) is 18.1 Å². The van der Waals surface area contributed by atoms with Crippen molar-refractivity contribution in [3.63, 3.8) is 0 Å². The Kier molecular flexibility index (Phi) is 9.93. The van der Waals surface area contributed by atoms with Gasteiger partial charge >= 0.3 is 0 Å². The zero-order valence-corrected chi connectivity index (χ0v) is 23.3. The molecule has 0 unspecified atom stereocenters. The lowest BCUT2D eigenvalue weighted by molar-refractivity contribution is -0.142. The van der Waals surface area contributed by atoms with E-state index >= 15 is 0 Å². The van der Waals surface area contributed by atoms with Crippen LogP contribution in [-0.4, -0.2) is 36.4 Å². The molecule has 0 fully saturated rings. The molecule has 0 aliphatic carbocycles. The van der Waals surface area contributed by atoms with Crippen LogP contribution in [0, 0.1) is 0 Å². The van der Waals surface area contributed by atoms with Gasteiger partial charge in [-0.05, 0) is 62.8 Å². The van der Waals surface area contributed by atoms with E-state index in [-0.39, 0.29) is 25.0 Å². The van der Waals surface area contributed by atoms with E-state index in [2.05, 4.69) is 51.0 Å². The highest BCUT2D eigenvalue weighted by Crippen LogP contribution is 2.29. The minimum Gasteiger partial charge on any atom is -0.483 e. The first kappa shape index (κ1) is 27.0. The zero-order valence-electron chi connectivity index (χ0n) is 20.1. The summed E-state index contributed by atoms with van der Waals surface area (Å²) in [7, 11) is 1.59. The average molecular weight is 602 g/mol. The van der Waals surface area contributed by atoms with Crippen molar-refractivity contribution in [2.45, 2.75) is 38.8 Å². The summed E-state index contributed by atoms with van der Waals surface area (Å²) in [6, 6.07) is 22.6. The van der Waals surface area contributed by atoms with Gasteiger partial charge in [0.05, 0.1) is 4.47 Å². The first-order valence-electron chi connectivity index (χ1n) is 11.5. The molecule has 0 saturated carbocycles. The van der Waals surface area contributed by atoms with Crippen molar-refractivity contribution in [3.8, 4) is 5.75 Å². The molecule has 3 rings (SSSR count). The number of carbonyl (C=O) groups excluding carboxylic acids is 2. The molecule has 0 aromatic heterocycles.